The number of fused-ring (bicyclic) bond motifs is 3. The van der Waals surface area contributed by atoms with E-state index in [2.05, 4.69) is 4.99 Å². The third-order valence-electron chi connectivity index (χ3n) is 4.93. The second kappa shape index (κ2) is 5.38. The molecule has 128 valence electrons. The Labute approximate surface area is 153 Å². The highest BCUT2D eigenvalue weighted by Crippen LogP contribution is 2.50. The van der Waals surface area contributed by atoms with E-state index in [-0.39, 0.29) is 22.8 Å². The van der Waals surface area contributed by atoms with Crippen LogP contribution < -0.4 is 0 Å². The summed E-state index contributed by atoms with van der Waals surface area (Å²) in [6, 6.07) is 13.0. The molecule has 6 heteroatoms. The van der Waals surface area contributed by atoms with Gasteiger partial charge in [0.1, 0.15) is 11.5 Å². The number of hydrogen-bond acceptors (Lipinski definition) is 4. The van der Waals surface area contributed by atoms with Gasteiger partial charge in [0.2, 0.25) is 11.7 Å². The number of allylic oxidation sites excluding steroid dienone is 1. The molecule has 0 saturated carbocycles. The molecule has 0 radical (unpaired) electrons. The summed E-state index contributed by atoms with van der Waals surface area (Å²) >= 11 is 1.35. The first-order valence-electron chi connectivity index (χ1n) is 8.28. The van der Waals surface area contributed by atoms with E-state index in [0.29, 0.717) is 16.4 Å². The lowest BCUT2D eigenvalue weighted by atomic mass is 9.91. The lowest BCUT2D eigenvalue weighted by Gasteiger charge is -2.32. The average Bonchev–Trinajstić information content (AvgIpc) is 3.09. The van der Waals surface area contributed by atoms with Gasteiger partial charge in [0, 0.05) is 11.1 Å². The smallest absolute Gasteiger partial charge is 0.242 e. The Bertz CT molecular complexity index is 1040. The number of Topliss-reactive ketones (excluding diaryl/α,β-unsaturated/α-hetero) is 1. The minimum absolute atomic E-state index is 0.0496. The number of amides is 1. The molecule has 4 nitrogen and oxygen atoms in total. The average molecular weight is 364 g/mol. The minimum atomic E-state index is -0.476. The molecule has 5 rings (SSSR count). The van der Waals surface area contributed by atoms with Crippen LogP contribution in [0.2, 0.25) is 0 Å². The first-order valence-corrected chi connectivity index (χ1v) is 9.16. The number of aliphatic imine (C=N–C) groups is 1. The van der Waals surface area contributed by atoms with Gasteiger partial charge >= 0.3 is 0 Å². The Morgan fingerprint density at radius 3 is 2.46 bits per heavy atom. The topological polar surface area (TPSA) is 49.7 Å². The fraction of sp³-hybridized carbons (Fsp3) is 0.150. The number of hydrogen-bond donors (Lipinski definition) is 0. The van der Waals surface area contributed by atoms with Crippen molar-refractivity contribution in [3.8, 4) is 0 Å². The van der Waals surface area contributed by atoms with Crippen molar-refractivity contribution in [1.82, 2.24) is 4.90 Å². The van der Waals surface area contributed by atoms with Crippen LogP contribution in [0.25, 0.3) is 5.57 Å². The Morgan fingerprint density at radius 1 is 1.04 bits per heavy atom. The van der Waals surface area contributed by atoms with Crippen molar-refractivity contribution < 1.29 is 14.0 Å². The largest absolute Gasteiger partial charge is 0.287 e. The molecular weight excluding hydrogens is 351 g/mol. The molecule has 2 aliphatic heterocycles. The van der Waals surface area contributed by atoms with Crippen LogP contribution in [0, 0.1) is 5.82 Å². The zero-order valence-electron chi connectivity index (χ0n) is 13.8. The minimum Gasteiger partial charge on any atom is -0.287 e. The van der Waals surface area contributed by atoms with Crippen LogP contribution in [0.3, 0.4) is 0 Å². The standard InChI is InChI=1S/C20H13FN2O2S/c1-10-19(25)23-17(11-6-8-12(21)9-7-11)15-13-4-2-3-5-14(13)18(24)16(15)22-20(23)26-10/h2-10,17H,1H3. The Balaban J connectivity index is 1.77. The molecule has 1 fully saturated rings. The molecule has 1 amide bonds. The van der Waals surface area contributed by atoms with Gasteiger partial charge in [-0.3, -0.25) is 14.5 Å². The number of nitrogens with zero attached hydrogens (tertiary/aromatic N) is 2. The quantitative estimate of drug-likeness (QED) is 0.773. The molecule has 0 spiro atoms. The molecule has 2 aromatic rings. The fourth-order valence-corrected chi connectivity index (χ4v) is 4.72. The van der Waals surface area contributed by atoms with Crippen molar-refractivity contribution in [1.29, 1.82) is 0 Å². The summed E-state index contributed by atoms with van der Waals surface area (Å²) in [4.78, 5) is 31.9. The second-order valence-electron chi connectivity index (χ2n) is 6.45. The van der Waals surface area contributed by atoms with Crippen LogP contribution in [-0.2, 0) is 4.79 Å². The zero-order chi connectivity index (χ0) is 18.0. The molecule has 2 heterocycles. The van der Waals surface area contributed by atoms with Gasteiger partial charge < -0.3 is 0 Å². The van der Waals surface area contributed by atoms with E-state index >= 15 is 0 Å². The van der Waals surface area contributed by atoms with E-state index in [1.54, 1.807) is 23.1 Å². The predicted octanol–water partition coefficient (Wildman–Crippen LogP) is 3.81. The van der Waals surface area contributed by atoms with E-state index in [9.17, 15) is 14.0 Å². The van der Waals surface area contributed by atoms with Crippen LogP contribution in [0.15, 0.2) is 59.2 Å². The van der Waals surface area contributed by atoms with Crippen LogP contribution in [0.5, 0.6) is 0 Å². The molecule has 0 bridgehead atoms. The van der Waals surface area contributed by atoms with Crippen molar-refractivity contribution in [2.45, 2.75) is 18.2 Å². The predicted molar refractivity (Wildman–Crippen MR) is 98.2 cm³/mol. The number of amidine groups is 1. The molecule has 1 saturated heterocycles. The summed E-state index contributed by atoms with van der Waals surface area (Å²) in [6.07, 6.45) is 0. The first kappa shape index (κ1) is 15.5. The van der Waals surface area contributed by atoms with Crippen molar-refractivity contribution in [2.75, 3.05) is 0 Å². The molecule has 0 N–H and O–H groups in total. The normalized spacial score (nSPS) is 23.8. The summed E-state index contributed by atoms with van der Waals surface area (Å²) < 4.78 is 13.5. The molecular formula is C20H13FN2O2S. The maximum Gasteiger partial charge on any atom is 0.242 e. The van der Waals surface area contributed by atoms with E-state index in [4.69, 9.17) is 0 Å². The number of ketones is 1. The molecule has 26 heavy (non-hydrogen) atoms. The summed E-state index contributed by atoms with van der Waals surface area (Å²) in [5.41, 5.74) is 3.27. The number of halogens is 1. The van der Waals surface area contributed by atoms with Crippen LogP contribution >= 0.6 is 11.8 Å². The molecule has 2 unspecified atom stereocenters. The lowest BCUT2D eigenvalue weighted by molar-refractivity contribution is -0.126. The number of carbonyl (C=O) groups excluding carboxylic acids is 2. The molecule has 2 aromatic carbocycles. The lowest BCUT2D eigenvalue weighted by Crippen LogP contribution is -2.38. The number of carbonyl (C=O) groups is 2. The second-order valence-corrected chi connectivity index (χ2v) is 7.76. The Morgan fingerprint density at radius 2 is 1.73 bits per heavy atom. The van der Waals surface area contributed by atoms with Crippen molar-refractivity contribution in [2.24, 2.45) is 4.99 Å². The van der Waals surface area contributed by atoms with Gasteiger partial charge in [-0.05, 0) is 30.2 Å². The summed E-state index contributed by atoms with van der Waals surface area (Å²) in [5.74, 6) is -0.514. The van der Waals surface area contributed by atoms with Gasteiger partial charge in [0.05, 0.1) is 11.3 Å². The molecule has 2 atom stereocenters. The van der Waals surface area contributed by atoms with E-state index in [1.165, 1.54) is 23.9 Å². The monoisotopic (exact) mass is 364 g/mol. The van der Waals surface area contributed by atoms with Crippen LogP contribution in [-0.4, -0.2) is 27.0 Å². The van der Waals surface area contributed by atoms with Gasteiger partial charge in [-0.25, -0.2) is 9.38 Å². The van der Waals surface area contributed by atoms with E-state index in [0.717, 1.165) is 16.7 Å². The first-order chi connectivity index (χ1) is 12.6. The third-order valence-corrected chi connectivity index (χ3v) is 5.98. The van der Waals surface area contributed by atoms with Gasteiger partial charge in [0.25, 0.3) is 0 Å². The van der Waals surface area contributed by atoms with Gasteiger partial charge in [-0.1, -0.05) is 48.2 Å². The maximum atomic E-state index is 13.5. The van der Waals surface area contributed by atoms with Gasteiger partial charge in [-0.15, -0.1) is 0 Å². The third kappa shape index (κ3) is 1.99. The number of rotatable bonds is 1. The summed E-state index contributed by atoms with van der Waals surface area (Å²) in [7, 11) is 0. The fourth-order valence-electron chi connectivity index (χ4n) is 3.74. The highest BCUT2D eigenvalue weighted by atomic mass is 32.2. The van der Waals surface area contributed by atoms with Crippen molar-refractivity contribution >= 4 is 34.2 Å². The summed E-state index contributed by atoms with van der Waals surface area (Å²) in [5, 5.41) is 0.277. The van der Waals surface area contributed by atoms with Crippen molar-refractivity contribution in [3.05, 3.63) is 76.7 Å². The SMILES string of the molecule is CC1SC2=NC3=C(c4ccccc4C3=O)C(c3ccc(F)cc3)N2C1=O. The van der Waals surface area contributed by atoms with Crippen LogP contribution in [0.1, 0.15) is 34.5 Å². The maximum absolute atomic E-state index is 13.5. The number of thioether (sulfide) groups is 1. The number of benzene rings is 2. The van der Waals surface area contributed by atoms with E-state index in [1.807, 2.05) is 25.1 Å². The van der Waals surface area contributed by atoms with Gasteiger partial charge in [-0.2, -0.15) is 0 Å². The summed E-state index contributed by atoms with van der Waals surface area (Å²) in [6.45, 7) is 1.83. The molecule has 3 aliphatic rings. The van der Waals surface area contributed by atoms with Crippen LogP contribution in [0.4, 0.5) is 4.39 Å². The molecule has 1 aliphatic carbocycles. The Hall–Kier alpha value is -2.73. The van der Waals surface area contributed by atoms with E-state index < -0.39 is 6.04 Å². The highest BCUT2D eigenvalue weighted by Gasteiger charge is 2.48. The van der Waals surface area contributed by atoms with Gasteiger partial charge in [0.15, 0.2) is 5.17 Å². The van der Waals surface area contributed by atoms with Crippen molar-refractivity contribution in [3.63, 3.8) is 0 Å². The highest BCUT2D eigenvalue weighted by molar-refractivity contribution is 8.15. The Kier molecular flexibility index (Phi) is 3.21. The molecule has 0 aromatic heterocycles. The zero-order valence-corrected chi connectivity index (χ0v) is 14.6.